The van der Waals surface area contributed by atoms with Crippen molar-refractivity contribution in [3.05, 3.63) is 11.6 Å². The van der Waals surface area contributed by atoms with E-state index in [1.54, 1.807) is 0 Å². The molecule has 0 saturated carbocycles. The largest absolute Gasteiger partial charge is 0.0885 e. The van der Waals surface area contributed by atoms with Crippen LogP contribution >= 0.6 is 0 Å². The van der Waals surface area contributed by atoms with Gasteiger partial charge in [0.2, 0.25) is 0 Å². The molecule has 0 heteroatoms. The van der Waals surface area contributed by atoms with Crippen molar-refractivity contribution in [2.45, 2.75) is 41.0 Å². The molecule has 0 rings (SSSR count). The lowest BCUT2D eigenvalue weighted by atomic mass is 9.93. The highest BCUT2D eigenvalue weighted by molar-refractivity contribution is 4.99. The third-order valence-corrected chi connectivity index (χ3v) is 2.06. The number of hydrogen-bond acceptors (Lipinski definition) is 0. The van der Waals surface area contributed by atoms with Gasteiger partial charge in [-0.15, -0.1) is 0 Å². The molecule has 0 aromatic carbocycles. The highest BCUT2D eigenvalue weighted by Gasteiger charge is 2.04. The standard InChI is InChI=1S/C10H20/c1-6-9(4)10(5)7-8(2)3/h6,8,10H,7H2,1-5H3/b9-6+. The van der Waals surface area contributed by atoms with E-state index in [9.17, 15) is 0 Å². The summed E-state index contributed by atoms with van der Waals surface area (Å²) in [4.78, 5) is 0. The summed E-state index contributed by atoms with van der Waals surface area (Å²) >= 11 is 0. The fourth-order valence-electron chi connectivity index (χ4n) is 1.18. The van der Waals surface area contributed by atoms with Crippen molar-refractivity contribution < 1.29 is 0 Å². The van der Waals surface area contributed by atoms with E-state index in [0.717, 1.165) is 11.8 Å². The van der Waals surface area contributed by atoms with Crippen LogP contribution in [0, 0.1) is 11.8 Å². The van der Waals surface area contributed by atoms with Crippen LogP contribution in [-0.4, -0.2) is 0 Å². The fourth-order valence-corrected chi connectivity index (χ4v) is 1.18. The highest BCUT2D eigenvalue weighted by atomic mass is 14.1. The first-order chi connectivity index (χ1) is 4.57. The van der Waals surface area contributed by atoms with Gasteiger partial charge < -0.3 is 0 Å². The van der Waals surface area contributed by atoms with E-state index in [1.807, 2.05) is 0 Å². The molecule has 0 aliphatic carbocycles. The van der Waals surface area contributed by atoms with Crippen molar-refractivity contribution in [3.63, 3.8) is 0 Å². The van der Waals surface area contributed by atoms with Crippen molar-refractivity contribution in [2.75, 3.05) is 0 Å². The Kier molecular flexibility index (Phi) is 4.42. The maximum Gasteiger partial charge on any atom is -0.0232 e. The molecule has 60 valence electrons. The van der Waals surface area contributed by atoms with Crippen LogP contribution in [0.5, 0.6) is 0 Å². The van der Waals surface area contributed by atoms with Crippen LogP contribution in [-0.2, 0) is 0 Å². The van der Waals surface area contributed by atoms with Crippen LogP contribution in [0.3, 0.4) is 0 Å². The third-order valence-electron chi connectivity index (χ3n) is 2.06. The molecule has 0 aliphatic rings. The van der Waals surface area contributed by atoms with Gasteiger partial charge in [0.25, 0.3) is 0 Å². The van der Waals surface area contributed by atoms with Gasteiger partial charge in [-0.05, 0) is 32.1 Å². The van der Waals surface area contributed by atoms with Gasteiger partial charge >= 0.3 is 0 Å². The van der Waals surface area contributed by atoms with Crippen LogP contribution in [0.1, 0.15) is 41.0 Å². The van der Waals surface area contributed by atoms with Gasteiger partial charge in [-0.25, -0.2) is 0 Å². The molecular formula is C10H20. The lowest BCUT2D eigenvalue weighted by Gasteiger charge is -2.13. The molecule has 0 aromatic rings. The molecule has 0 bridgehead atoms. The normalized spacial score (nSPS) is 16.0. The van der Waals surface area contributed by atoms with E-state index >= 15 is 0 Å². The van der Waals surface area contributed by atoms with Crippen molar-refractivity contribution in [1.29, 1.82) is 0 Å². The topological polar surface area (TPSA) is 0 Å². The van der Waals surface area contributed by atoms with Crippen LogP contribution in [0.2, 0.25) is 0 Å². The van der Waals surface area contributed by atoms with Crippen molar-refractivity contribution >= 4 is 0 Å². The summed E-state index contributed by atoms with van der Waals surface area (Å²) in [5.74, 6) is 1.59. The summed E-state index contributed by atoms with van der Waals surface area (Å²) < 4.78 is 0. The van der Waals surface area contributed by atoms with Gasteiger partial charge in [0.15, 0.2) is 0 Å². The van der Waals surface area contributed by atoms with E-state index < -0.39 is 0 Å². The maximum atomic E-state index is 2.30. The molecule has 0 spiro atoms. The fraction of sp³-hybridized carbons (Fsp3) is 0.800. The lowest BCUT2D eigenvalue weighted by molar-refractivity contribution is 0.485. The quantitative estimate of drug-likeness (QED) is 0.525. The summed E-state index contributed by atoms with van der Waals surface area (Å²) in [6.07, 6.45) is 3.53. The summed E-state index contributed by atoms with van der Waals surface area (Å²) in [5.41, 5.74) is 1.52. The van der Waals surface area contributed by atoms with Crippen molar-refractivity contribution in [3.8, 4) is 0 Å². The van der Waals surface area contributed by atoms with Crippen molar-refractivity contribution in [1.82, 2.24) is 0 Å². The average molecular weight is 140 g/mol. The van der Waals surface area contributed by atoms with Crippen LogP contribution in [0.15, 0.2) is 11.6 Å². The molecule has 0 aliphatic heterocycles. The summed E-state index contributed by atoms with van der Waals surface area (Å²) in [5, 5.41) is 0. The Morgan fingerprint density at radius 3 is 2.10 bits per heavy atom. The molecule has 0 nitrogen and oxygen atoms in total. The number of allylic oxidation sites excluding steroid dienone is 2. The highest BCUT2D eigenvalue weighted by Crippen LogP contribution is 2.18. The van der Waals surface area contributed by atoms with E-state index in [-0.39, 0.29) is 0 Å². The van der Waals surface area contributed by atoms with Crippen molar-refractivity contribution in [2.24, 2.45) is 11.8 Å². The second-order valence-electron chi connectivity index (χ2n) is 3.56. The zero-order valence-electron chi connectivity index (χ0n) is 7.94. The number of rotatable bonds is 3. The Labute approximate surface area is 65.3 Å². The van der Waals surface area contributed by atoms with Gasteiger partial charge in [0.05, 0.1) is 0 Å². The minimum atomic E-state index is 0.769. The predicted molar refractivity (Wildman–Crippen MR) is 48.1 cm³/mol. The Hall–Kier alpha value is -0.260. The van der Waals surface area contributed by atoms with Crippen LogP contribution in [0.4, 0.5) is 0 Å². The zero-order chi connectivity index (χ0) is 8.15. The average Bonchev–Trinajstić information content (AvgIpc) is 1.85. The predicted octanol–water partition coefficient (Wildman–Crippen LogP) is 3.63. The summed E-state index contributed by atoms with van der Waals surface area (Å²) in [7, 11) is 0. The maximum absolute atomic E-state index is 2.30. The van der Waals surface area contributed by atoms with E-state index in [4.69, 9.17) is 0 Å². The molecule has 0 aromatic heterocycles. The number of hydrogen-bond donors (Lipinski definition) is 0. The van der Waals surface area contributed by atoms with E-state index in [0.29, 0.717) is 0 Å². The van der Waals surface area contributed by atoms with Gasteiger partial charge in [-0.1, -0.05) is 32.4 Å². The third kappa shape index (κ3) is 3.71. The molecule has 10 heavy (non-hydrogen) atoms. The Balaban J connectivity index is 3.73. The minimum absolute atomic E-state index is 0.769. The van der Waals surface area contributed by atoms with Gasteiger partial charge in [-0.3, -0.25) is 0 Å². The Morgan fingerprint density at radius 2 is 1.80 bits per heavy atom. The Bertz CT molecular complexity index is 109. The first-order valence-corrected chi connectivity index (χ1v) is 4.20. The molecule has 1 unspecified atom stereocenters. The molecular weight excluding hydrogens is 120 g/mol. The molecule has 0 fully saturated rings. The molecule has 0 radical (unpaired) electrons. The van der Waals surface area contributed by atoms with Gasteiger partial charge in [-0.2, -0.15) is 0 Å². The molecule has 1 atom stereocenters. The summed E-state index contributed by atoms with van der Waals surface area (Å²) in [6.45, 7) is 11.2. The van der Waals surface area contributed by atoms with Gasteiger partial charge in [0.1, 0.15) is 0 Å². The lowest BCUT2D eigenvalue weighted by Crippen LogP contribution is -2.00. The summed E-state index contributed by atoms with van der Waals surface area (Å²) in [6, 6.07) is 0. The van der Waals surface area contributed by atoms with Crippen LogP contribution in [0.25, 0.3) is 0 Å². The monoisotopic (exact) mass is 140 g/mol. The molecule has 0 heterocycles. The zero-order valence-corrected chi connectivity index (χ0v) is 7.94. The first kappa shape index (κ1) is 9.74. The van der Waals surface area contributed by atoms with E-state index in [2.05, 4.69) is 40.7 Å². The molecule has 0 N–H and O–H groups in total. The Morgan fingerprint density at radius 1 is 1.30 bits per heavy atom. The molecule has 0 amide bonds. The first-order valence-electron chi connectivity index (χ1n) is 4.20. The SMILES string of the molecule is C/C=C(\C)C(C)CC(C)C. The van der Waals surface area contributed by atoms with Crippen LogP contribution < -0.4 is 0 Å². The van der Waals surface area contributed by atoms with E-state index in [1.165, 1.54) is 12.0 Å². The van der Waals surface area contributed by atoms with Gasteiger partial charge in [0, 0.05) is 0 Å². The smallest absolute Gasteiger partial charge is 0.0232 e. The molecule has 0 saturated heterocycles. The second kappa shape index (κ2) is 4.54. The second-order valence-corrected chi connectivity index (χ2v) is 3.56. The minimum Gasteiger partial charge on any atom is -0.0885 e.